The molecule has 0 bridgehead atoms. The Bertz CT molecular complexity index is 1140. The van der Waals surface area contributed by atoms with Gasteiger partial charge in [-0.25, -0.2) is 9.36 Å². The summed E-state index contributed by atoms with van der Waals surface area (Å²) in [6.45, 7) is 2.79. The van der Waals surface area contributed by atoms with Crippen molar-refractivity contribution in [3.05, 3.63) is 53.1 Å². The third-order valence-electron chi connectivity index (χ3n) is 5.56. The van der Waals surface area contributed by atoms with E-state index in [9.17, 15) is 19.3 Å². The van der Waals surface area contributed by atoms with Crippen LogP contribution in [-0.4, -0.2) is 63.6 Å². The number of nitrogen functional groups attached to an aromatic ring is 1. The van der Waals surface area contributed by atoms with Crippen molar-refractivity contribution in [3.63, 3.8) is 0 Å². The number of para-hydroxylation sites is 1. The Morgan fingerprint density at radius 3 is 2.69 bits per heavy atom. The summed E-state index contributed by atoms with van der Waals surface area (Å²) in [5.74, 6) is -0.382. The molecule has 0 saturated carbocycles. The molecule has 0 aliphatic carbocycles. The standard InChI is InChI=1S/C21H29N4O8PS/c1-13(18(27)30-3)24-34(29,33-14-8-6-5-7-9-14)31-12-15-17(26)21(2,35-4)19(32-15)25-11-10-16(22)23-20(25)28/h5-11,13,15,17,19,26H,12H2,1-4H3,(H,24,29)(H2,22,23,28)/t13-,15+,17+,19+,21+,34?/m0/s1. The van der Waals surface area contributed by atoms with Crippen molar-refractivity contribution in [2.24, 2.45) is 0 Å². The molecule has 1 unspecified atom stereocenters. The number of aliphatic hydroxyl groups is 1. The van der Waals surface area contributed by atoms with Crippen LogP contribution in [0.1, 0.15) is 20.1 Å². The van der Waals surface area contributed by atoms with Crippen molar-refractivity contribution in [2.45, 2.75) is 43.1 Å². The molecular formula is C21H29N4O8PS. The zero-order chi connectivity index (χ0) is 25.8. The number of rotatable bonds is 10. The number of nitrogens with two attached hydrogens (primary N) is 1. The molecule has 1 saturated heterocycles. The first-order valence-electron chi connectivity index (χ1n) is 10.6. The zero-order valence-electron chi connectivity index (χ0n) is 19.7. The molecule has 0 radical (unpaired) electrons. The van der Waals surface area contributed by atoms with Crippen LogP contribution in [0.5, 0.6) is 5.75 Å². The Kier molecular flexibility index (Phi) is 8.63. The molecule has 35 heavy (non-hydrogen) atoms. The number of methoxy groups -OCH3 is 1. The highest BCUT2D eigenvalue weighted by molar-refractivity contribution is 8.00. The molecule has 14 heteroatoms. The minimum atomic E-state index is -4.15. The highest BCUT2D eigenvalue weighted by Gasteiger charge is 2.54. The van der Waals surface area contributed by atoms with E-state index in [1.54, 1.807) is 43.5 Å². The van der Waals surface area contributed by atoms with Crippen molar-refractivity contribution in [1.29, 1.82) is 0 Å². The molecule has 4 N–H and O–H groups in total. The van der Waals surface area contributed by atoms with E-state index < -0.39 is 48.6 Å². The number of hydrogen-bond donors (Lipinski definition) is 3. The largest absolute Gasteiger partial charge is 0.468 e. The lowest BCUT2D eigenvalue weighted by Gasteiger charge is -2.31. The molecule has 2 heterocycles. The number of anilines is 1. The van der Waals surface area contributed by atoms with E-state index in [1.807, 2.05) is 0 Å². The molecule has 6 atom stereocenters. The minimum absolute atomic E-state index is 0.0559. The van der Waals surface area contributed by atoms with Gasteiger partial charge in [-0.3, -0.25) is 13.9 Å². The number of ether oxygens (including phenoxy) is 2. The number of aromatic nitrogens is 2. The maximum atomic E-state index is 13.6. The number of aliphatic hydroxyl groups excluding tert-OH is 1. The number of nitrogens with one attached hydrogen (secondary N) is 1. The first-order chi connectivity index (χ1) is 16.5. The van der Waals surface area contributed by atoms with Gasteiger partial charge in [0.25, 0.3) is 0 Å². The van der Waals surface area contributed by atoms with Crippen LogP contribution in [0.15, 0.2) is 47.4 Å². The van der Waals surface area contributed by atoms with Gasteiger partial charge >= 0.3 is 19.4 Å². The van der Waals surface area contributed by atoms with Gasteiger partial charge in [0.15, 0.2) is 6.23 Å². The number of nitrogens with zero attached hydrogens (tertiary/aromatic N) is 2. The van der Waals surface area contributed by atoms with Gasteiger partial charge in [0, 0.05) is 6.20 Å². The molecule has 1 aromatic carbocycles. The van der Waals surface area contributed by atoms with Gasteiger partial charge in [0.2, 0.25) is 0 Å². The molecule has 1 aliphatic heterocycles. The van der Waals surface area contributed by atoms with Crippen molar-refractivity contribution in [1.82, 2.24) is 14.6 Å². The summed E-state index contributed by atoms with van der Waals surface area (Å²) in [6, 6.07) is 8.68. The second-order valence-corrected chi connectivity index (χ2v) is 11.0. The van der Waals surface area contributed by atoms with Crippen LogP contribution in [0.3, 0.4) is 0 Å². The van der Waals surface area contributed by atoms with Crippen LogP contribution in [0.2, 0.25) is 0 Å². The van der Waals surface area contributed by atoms with Crippen LogP contribution >= 0.6 is 19.5 Å². The summed E-state index contributed by atoms with van der Waals surface area (Å²) in [6.07, 6.45) is 0.155. The van der Waals surface area contributed by atoms with Gasteiger partial charge in [-0.2, -0.15) is 21.8 Å². The Morgan fingerprint density at radius 1 is 1.40 bits per heavy atom. The normalized spacial score (nSPS) is 26.6. The number of thioether (sulfide) groups is 1. The van der Waals surface area contributed by atoms with Gasteiger partial charge in [-0.1, -0.05) is 18.2 Å². The maximum absolute atomic E-state index is 13.6. The van der Waals surface area contributed by atoms with E-state index in [-0.39, 0.29) is 18.2 Å². The van der Waals surface area contributed by atoms with Crippen molar-refractivity contribution < 1.29 is 33.0 Å². The van der Waals surface area contributed by atoms with E-state index in [0.29, 0.717) is 0 Å². The van der Waals surface area contributed by atoms with Gasteiger partial charge in [-0.15, -0.1) is 0 Å². The second kappa shape index (κ2) is 11.1. The molecule has 192 valence electrons. The number of benzene rings is 1. The summed E-state index contributed by atoms with van der Waals surface area (Å²) in [5, 5.41) is 13.6. The van der Waals surface area contributed by atoms with Crippen LogP contribution in [0.4, 0.5) is 5.82 Å². The van der Waals surface area contributed by atoms with Crippen molar-refractivity contribution in [2.75, 3.05) is 25.7 Å². The SMILES string of the molecule is COC(=O)[C@H](C)NP(=O)(OC[C@H]1O[C@@H](n2ccc(N)nc2=O)[C@](C)(SC)[C@@H]1O)Oc1ccccc1. The molecule has 1 aromatic heterocycles. The predicted octanol–water partition coefficient (Wildman–Crippen LogP) is 1.56. The molecule has 2 aromatic rings. The van der Waals surface area contributed by atoms with E-state index in [4.69, 9.17) is 19.5 Å². The quantitative estimate of drug-likeness (QED) is 0.302. The molecule has 0 amide bonds. The lowest BCUT2D eigenvalue weighted by atomic mass is 10.0. The fourth-order valence-corrected chi connectivity index (χ4v) is 5.80. The summed E-state index contributed by atoms with van der Waals surface area (Å²) in [5.41, 5.74) is 4.94. The first-order valence-corrected chi connectivity index (χ1v) is 13.4. The van der Waals surface area contributed by atoms with Crippen LogP contribution in [-0.2, 0) is 23.4 Å². The highest BCUT2D eigenvalue weighted by atomic mass is 32.2. The smallest absolute Gasteiger partial charge is 0.459 e. The lowest BCUT2D eigenvalue weighted by molar-refractivity contribution is -0.142. The molecule has 0 spiro atoms. The van der Waals surface area contributed by atoms with E-state index in [2.05, 4.69) is 14.8 Å². The molecule has 1 aliphatic rings. The second-order valence-electron chi connectivity index (χ2n) is 7.97. The summed E-state index contributed by atoms with van der Waals surface area (Å²) < 4.78 is 35.7. The highest BCUT2D eigenvalue weighted by Crippen LogP contribution is 2.49. The first kappa shape index (κ1) is 27.2. The van der Waals surface area contributed by atoms with Crippen molar-refractivity contribution >= 4 is 31.3 Å². The third kappa shape index (κ3) is 6.05. The summed E-state index contributed by atoms with van der Waals surface area (Å²) in [4.78, 5) is 28.1. The molecule has 1 fully saturated rings. The fraction of sp³-hybridized carbons (Fsp3) is 0.476. The number of carbonyl (C=O) groups is 1. The third-order valence-corrected chi connectivity index (χ3v) is 8.53. The van der Waals surface area contributed by atoms with Gasteiger partial charge in [0.1, 0.15) is 29.8 Å². The van der Waals surface area contributed by atoms with E-state index >= 15 is 0 Å². The monoisotopic (exact) mass is 528 g/mol. The van der Waals surface area contributed by atoms with Gasteiger partial charge < -0.3 is 24.8 Å². The Morgan fingerprint density at radius 2 is 2.09 bits per heavy atom. The van der Waals surface area contributed by atoms with Gasteiger partial charge in [-0.05, 0) is 38.3 Å². The summed E-state index contributed by atoms with van der Waals surface area (Å²) >= 11 is 1.29. The Labute approximate surface area is 206 Å². The summed E-state index contributed by atoms with van der Waals surface area (Å²) in [7, 11) is -2.95. The Balaban J connectivity index is 1.83. The van der Waals surface area contributed by atoms with E-state index in [1.165, 1.54) is 42.6 Å². The molecular weight excluding hydrogens is 499 g/mol. The topological polar surface area (TPSA) is 164 Å². The van der Waals surface area contributed by atoms with Crippen LogP contribution in [0.25, 0.3) is 0 Å². The number of carbonyl (C=O) groups excluding carboxylic acids is 1. The maximum Gasteiger partial charge on any atom is 0.459 e. The van der Waals surface area contributed by atoms with Crippen molar-refractivity contribution in [3.8, 4) is 5.75 Å². The number of hydrogen-bond acceptors (Lipinski definition) is 11. The lowest BCUT2D eigenvalue weighted by Crippen LogP contribution is -2.44. The minimum Gasteiger partial charge on any atom is -0.468 e. The molecule has 12 nitrogen and oxygen atoms in total. The molecule has 3 rings (SSSR count). The van der Waals surface area contributed by atoms with Crippen LogP contribution in [0, 0.1) is 0 Å². The fourth-order valence-electron chi connectivity index (χ4n) is 3.54. The number of esters is 1. The average Bonchev–Trinajstić information content (AvgIpc) is 3.08. The van der Waals surface area contributed by atoms with Gasteiger partial charge in [0.05, 0.1) is 18.5 Å². The average molecular weight is 529 g/mol. The van der Waals surface area contributed by atoms with E-state index in [0.717, 1.165) is 0 Å². The predicted molar refractivity (Wildman–Crippen MR) is 130 cm³/mol. The van der Waals surface area contributed by atoms with Crippen LogP contribution < -0.4 is 21.0 Å². The zero-order valence-corrected chi connectivity index (χ0v) is 21.4. The Hall–Kier alpha value is -2.41.